The van der Waals surface area contributed by atoms with E-state index in [0.717, 1.165) is 19.6 Å². The van der Waals surface area contributed by atoms with Crippen LogP contribution in [0.5, 0.6) is 0 Å². The van der Waals surface area contributed by atoms with Gasteiger partial charge in [0.15, 0.2) is 5.92 Å². The Hall–Kier alpha value is -3.30. The van der Waals surface area contributed by atoms with Crippen LogP contribution in [0.3, 0.4) is 0 Å². The molecule has 0 aromatic heterocycles. The molecule has 2 fully saturated rings. The molecule has 1 aromatic carbocycles. The van der Waals surface area contributed by atoms with Gasteiger partial charge < -0.3 is 30.9 Å². The molecule has 0 bridgehead atoms. The van der Waals surface area contributed by atoms with E-state index in [1.165, 1.54) is 29.5 Å². The predicted molar refractivity (Wildman–Crippen MR) is 155 cm³/mol. The monoisotopic (exact) mass is 572 g/mol. The van der Waals surface area contributed by atoms with Gasteiger partial charge in [-0.25, -0.2) is 0 Å². The number of thioether (sulfide) groups is 1. The van der Waals surface area contributed by atoms with E-state index in [0.29, 0.717) is 43.0 Å². The number of carbonyl (C=O) groups is 4. The number of hydrogen-bond acceptors (Lipinski definition) is 8. The van der Waals surface area contributed by atoms with Gasteiger partial charge in [-0.1, -0.05) is 20.8 Å². The number of nitriles is 1. The van der Waals surface area contributed by atoms with E-state index < -0.39 is 27.9 Å². The summed E-state index contributed by atoms with van der Waals surface area (Å²) in [6.45, 7) is 11.3. The lowest BCUT2D eigenvalue weighted by atomic mass is 9.95. The van der Waals surface area contributed by atoms with Crippen molar-refractivity contribution in [2.75, 3.05) is 49.9 Å². The third kappa shape index (κ3) is 8.11. The van der Waals surface area contributed by atoms with Crippen molar-refractivity contribution >= 4 is 46.8 Å². The largest absolute Gasteiger partial charge is 0.480 e. The number of carboxylic acids is 1. The van der Waals surface area contributed by atoms with Gasteiger partial charge in [-0.2, -0.15) is 5.26 Å². The van der Waals surface area contributed by atoms with Crippen LogP contribution in [0.25, 0.3) is 0 Å². The van der Waals surface area contributed by atoms with Crippen molar-refractivity contribution in [2.45, 2.75) is 57.6 Å². The molecule has 2 aliphatic heterocycles. The Labute approximate surface area is 240 Å². The van der Waals surface area contributed by atoms with Gasteiger partial charge in [0.25, 0.3) is 5.91 Å². The van der Waals surface area contributed by atoms with Gasteiger partial charge in [0, 0.05) is 48.5 Å². The van der Waals surface area contributed by atoms with Crippen LogP contribution in [-0.4, -0.2) is 88.5 Å². The fourth-order valence-electron chi connectivity index (χ4n) is 4.67. The minimum absolute atomic E-state index is 0.186. The van der Waals surface area contributed by atoms with Crippen LogP contribution < -0.4 is 16.0 Å². The quantitative estimate of drug-likeness (QED) is 0.296. The number of rotatable bonds is 12. The smallest absolute Gasteiger partial charge is 0.323 e. The van der Waals surface area contributed by atoms with Crippen molar-refractivity contribution in [1.29, 1.82) is 5.26 Å². The molecule has 0 radical (unpaired) electrons. The molecule has 40 heavy (non-hydrogen) atoms. The molecule has 3 rings (SSSR count). The maximum Gasteiger partial charge on any atom is 0.323 e. The van der Waals surface area contributed by atoms with Crippen molar-refractivity contribution in [3.8, 4) is 6.07 Å². The summed E-state index contributed by atoms with van der Waals surface area (Å²) < 4.78 is 0. The summed E-state index contributed by atoms with van der Waals surface area (Å²) in [6.07, 6.45) is 2.75. The molecular formula is C28H40N6O5S. The second-order valence-corrected chi connectivity index (χ2v) is 12.4. The van der Waals surface area contributed by atoms with Crippen LogP contribution in [0.4, 0.5) is 11.4 Å². The maximum absolute atomic E-state index is 13.0. The summed E-state index contributed by atoms with van der Waals surface area (Å²) in [5.74, 6) is -3.17. The molecule has 3 atom stereocenters. The molecular weight excluding hydrogens is 532 g/mol. The molecule has 2 heterocycles. The first-order chi connectivity index (χ1) is 18.9. The zero-order valence-electron chi connectivity index (χ0n) is 23.7. The summed E-state index contributed by atoms with van der Waals surface area (Å²) in [6, 6.07) is 6.90. The first-order valence-corrected chi connectivity index (χ1v) is 14.7. The molecule has 0 aliphatic carbocycles. The summed E-state index contributed by atoms with van der Waals surface area (Å²) in [5.41, 5.74) is 0.866. The normalized spacial score (nSPS) is 20.2. The van der Waals surface area contributed by atoms with Crippen LogP contribution in [0, 0.1) is 22.7 Å². The fourth-order valence-corrected chi connectivity index (χ4v) is 6.25. The van der Waals surface area contributed by atoms with Crippen molar-refractivity contribution in [2.24, 2.45) is 11.3 Å². The van der Waals surface area contributed by atoms with Crippen molar-refractivity contribution in [1.82, 2.24) is 15.1 Å². The molecule has 2 saturated heterocycles. The molecule has 12 heteroatoms. The third-order valence-electron chi connectivity index (χ3n) is 6.98. The van der Waals surface area contributed by atoms with E-state index in [1.807, 2.05) is 0 Å². The highest BCUT2D eigenvalue weighted by molar-refractivity contribution is 8.01. The number of carboxylic acid groups (broad SMARTS) is 1. The summed E-state index contributed by atoms with van der Waals surface area (Å²) in [7, 11) is 0. The van der Waals surface area contributed by atoms with E-state index >= 15 is 0 Å². The Kier molecular flexibility index (Phi) is 10.8. The summed E-state index contributed by atoms with van der Waals surface area (Å²) in [5, 5.41) is 26.6. The Balaban J connectivity index is 1.68. The maximum atomic E-state index is 13.0. The van der Waals surface area contributed by atoms with E-state index in [2.05, 4.69) is 20.9 Å². The molecule has 4 N–H and O–H groups in total. The number of nitrogens with zero attached hydrogens (tertiary/aromatic N) is 3. The number of anilines is 2. The average Bonchev–Trinajstić information content (AvgIpc) is 3.51. The van der Waals surface area contributed by atoms with Crippen LogP contribution >= 0.6 is 11.8 Å². The standard InChI is InChI=1S/C28H40N6O5S/c1-5-34-24(36)22(40-25(34)21(17-29)26(37)38)8-9-30-19-14-18(15-20(16-19)32-27(39)28(2,3)4)23(35)31-10-13-33-11-6-7-12-33/h14-16,21-22,25,30H,5-13H2,1-4H3,(H,31,35)(H,32,39)(H,37,38). The molecule has 2 aliphatic rings. The van der Waals surface area contributed by atoms with Crippen LogP contribution in [0.1, 0.15) is 57.3 Å². The first kappa shape index (κ1) is 31.2. The molecule has 1 aromatic rings. The Morgan fingerprint density at radius 2 is 1.82 bits per heavy atom. The second-order valence-electron chi connectivity index (χ2n) is 11.1. The molecule has 11 nitrogen and oxygen atoms in total. The zero-order chi connectivity index (χ0) is 29.4. The average molecular weight is 573 g/mol. The number of amides is 3. The number of nitrogens with one attached hydrogen (secondary N) is 3. The Morgan fingerprint density at radius 1 is 1.15 bits per heavy atom. The van der Waals surface area contributed by atoms with Crippen LogP contribution in [-0.2, 0) is 14.4 Å². The van der Waals surface area contributed by atoms with Gasteiger partial charge in [0.1, 0.15) is 5.37 Å². The summed E-state index contributed by atoms with van der Waals surface area (Å²) in [4.78, 5) is 53.8. The number of likely N-dealkylation sites (tertiary alicyclic amines) is 1. The molecule has 0 saturated carbocycles. The van der Waals surface area contributed by atoms with Gasteiger partial charge in [0.2, 0.25) is 11.8 Å². The molecule has 3 unspecified atom stereocenters. The lowest BCUT2D eigenvalue weighted by Crippen LogP contribution is -2.40. The molecule has 3 amide bonds. The second kappa shape index (κ2) is 13.9. The van der Waals surface area contributed by atoms with Gasteiger partial charge in [0.05, 0.1) is 11.3 Å². The van der Waals surface area contributed by atoms with Gasteiger partial charge in [-0.05, 0) is 57.5 Å². The van der Waals surface area contributed by atoms with E-state index in [1.54, 1.807) is 52.0 Å². The number of carbonyl (C=O) groups excluding carboxylic acids is 3. The zero-order valence-corrected chi connectivity index (χ0v) is 24.5. The van der Waals surface area contributed by atoms with Crippen molar-refractivity contribution < 1.29 is 24.3 Å². The van der Waals surface area contributed by atoms with Crippen molar-refractivity contribution in [3.63, 3.8) is 0 Å². The van der Waals surface area contributed by atoms with Crippen LogP contribution in [0.15, 0.2) is 18.2 Å². The third-order valence-corrected chi connectivity index (χ3v) is 8.55. The van der Waals surface area contributed by atoms with E-state index in [-0.39, 0.29) is 17.7 Å². The highest BCUT2D eigenvalue weighted by atomic mass is 32.2. The van der Waals surface area contributed by atoms with Gasteiger partial charge in [-0.15, -0.1) is 11.8 Å². The minimum atomic E-state index is -1.30. The number of benzene rings is 1. The van der Waals surface area contributed by atoms with Gasteiger partial charge >= 0.3 is 5.97 Å². The van der Waals surface area contributed by atoms with Crippen molar-refractivity contribution in [3.05, 3.63) is 23.8 Å². The lowest BCUT2D eigenvalue weighted by molar-refractivity contribution is -0.141. The SMILES string of the molecule is CCN1C(=O)C(CCNc2cc(NC(=O)C(C)(C)C)cc(C(=O)NCCN3CCCC3)c2)SC1C(C#N)C(=O)O. The van der Waals surface area contributed by atoms with Crippen LogP contribution in [0.2, 0.25) is 0 Å². The van der Waals surface area contributed by atoms with Gasteiger partial charge in [-0.3, -0.25) is 19.2 Å². The van der Waals surface area contributed by atoms with E-state index in [4.69, 9.17) is 0 Å². The predicted octanol–water partition coefficient (Wildman–Crippen LogP) is 2.81. The summed E-state index contributed by atoms with van der Waals surface area (Å²) >= 11 is 1.20. The highest BCUT2D eigenvalue weighted by Crippen LogP contribution is 2.37. The fraction of sp³-hybridized carbons (Fsp3) is 0.607. The number of hydrogen-bond donors (Lipinski definition) is 4. The molecule has 218 valence electrons. The number of aliphatic carboxylic acids is 1. The Morgan fingerprint density at radius 3 is 2.42 bits per heavy atom. The Bertz CT molecular complexity index is 1140. The lowest BCUT2D eigenvalue weighted by Gasteiger charge is -2.23. The highest BCUT2D eigenvalue weighted by Gasteiger charge is 2.45. The van der Waals surface area contributed by atoms with E-state index in [9.17, 15) is 29.5 Å². The first-order valence-electron chi connectivity index (χ1n) is 13.7. The minimum Gasteiger partial charge on any atom is -0.480 e. The molecule has 0 spiro atoms. The topological polar surface area (TPSA) is 155 Å².